The first-order valence-corrected chi connectivity index (χ1v) is 19.5. The maximum absolute atomic E-state index is 11.4. The zero-order chi connectivity index (χ0) is 16.8. The second kappa shape index (κ2) is 6.50. The molecule has 5 atom stereocenters. The predicted octanol–water partition coefficient (Wildman–Crippen LogP) is 4.50. The van der Waals surface area contributed by atoms with Crippen LogP contribution in [0, 0.1) is 11.8 Å². The van der Waals surface area contributed by atoms with Crippen molar-refractivity contribution in [3.8, 4) is 0 Å². The molecule has 1 aliphatic carbocycles. The van der Waals surface area contributed by atoms with E-state index in [2.05, 4.69) is 20.8 Å². The molecule has 1 saturated heterocycles. The molecule has 2 aliphatic rings. The summed E-state index contributed by atoms with van der Waals surface area (Å²) in [4.78, 5) is 0. The van der Waals surface area contributed by atoms with Crippen LogP contribution in [0.15, 0.2) is 0 Å². The van der Waals surface area contributed by atoms with Crippen molar-refractivity contribution in [2.24, 2.45) is 11.8 Å². The van der Waals surface area contributed by atoms with E-state index in [4.69, 9.17) is 20.8 Å². The van der Waals surface area contributed by atoms with Gasteiger partial charge in [0.1, 0.15) is 0 Å². The molecule has 2 radical (unpaired) electrons. The van der Waals surface area contributed by atoms with Gasteiger partial charge in [0.25, 0.3) is 0 Å². The van der Waals surface area contributed by atoms with E-state index in [1.54, 1.807) is 0 Å². The fraction of sp³-hybridized carbons (Fsp3) is 1.00. The Kier molecular flexibility index (Phi) is 5.77. The fourth-order valence-electron chi connectivity index (χ4n) is 4.84. The SMILES string of the molecule is [B]C1(C)C(C)(O)C(C)C(C)([CH2][Hg][Cl])OC1(C)C1CCCCC1. The number of halogens is 1. The van der Waals surface area contributed by atoms with Crippen LogP contribution >= 0.6 is 8.25 Å². The van der Waals surface area contributed by atoms with Gasteiger partial charge < -0.3 is 0 Å². The van der Waals surface area contributed by atoms with Crippen LogP contribution in [0.3, 0.4) is 0 Å². The average Bonchev–Trinajstić information content (AvgIpc) is 2.46. The predicted molar refractivity (Wildman–Crippen MR) is 89.0 cm³/mol. The fourth-order valence-corrected chi connectivity index (χ4v) is 11.7. The Labute approximate surface area is 153 Å². The Morgan fingerprint density at radius 3 is 2.23 bits per heavy atom. The molecule has 5 unspecified atom stereocenters. The van der Waals surface area contributed by atoms with Gasteiger partial charge in [-0.1, -0.05) is 0 Å². The second-order valence-electron chi connectivity index (χ2n) is 8.37. The molecule has 122 valence electrons. The number of rotatable bonds is 3. The van der Waals surface area contributed by atoms with Gasteiger partial charge in [-0.05, 0) is 0 Å². The first-order valence-electron chi connectivity index (χ1n) is 8.80. The van der Waals surface area contributed by atoms with E-state index in [0.29, 0.717) is 5.92 Å². The number of ether oxygens (including phenoxy) is 1. The molecule has 0 amide bonds. The first-order chi connectivity index (χ1) is 10.0. The van der Waals surface area contributed by atoms with Crippen LogP contribution in [0.2, 0.25) is 9.24 Å². The van der Waals surface area contributed by atoms with Gasteiger partial charge in [-0.2, -0.15) is 0 Å². The summed E-state index contributed by atoms with van der Waals surface area (Å²) in [6, 6.07) is 0. The molecule has 1 saturated carbocycles. The molecule has 2 nitrogen and oxygen atoms in total. The summed E-state index contributed by atoms with van der Waals surface area (Å²) < 4.78 is 7.74. The molecule has 0 aromatic heterocycles. The van der Waals surface area contributed by atoms with E-state index < -0.39 is 39.9 Å². The van der Waals surface area contributed by atoms with Crippen molar-refractivity contribution in [1.29, 1.82) is 0 Å². The molecule has 1 heterocycles. The van der Waals surface area contributed by atoms with Crippen molar-refractivity contribution < 1.29 is 33.2 Å². The first kappa shape index (κ1) is 19.5. The van der Waals surface area contributed by atoms with Crippen LogP contribution in [0.5, 0.6) is 0 Å². The number of hydrogen-bond acceptors (Lipinski definition) is 2. The Balaban J connectivity index is 2.46. The van der Waals surface area contributed by atoms with Crippen LogP contribution in [0.4, 0.5) is 0 Å². The maximum atomic E-state index is 11.4. The van der Waals surface area contributed by atoms with E-state index in [1.165, 1.54) is 19.3 Å². The van der Waals surface area contributed by atoms with Crippen molar-refractivity contribution in [2.45, 2.75) is 92.8 Å². The molecule has 0 spiro atoms. The third kappa shape index (κ3) is 2.84. The van der Waals surface area contributed by atoms with E-state index in [1.807, 2.05) is 13.8 Å². The van der Waals surface area contributed by atoms with Gasteiger partial charge in [-0.3, -0.25) is 0 Å². The molecule has 2 fully saturated rings. The van der Waals surface area contributed by atoms with Crippen molar-refractivity contribution in [3.05, 3.63) is 0 Å². The monoisotopic (exact) mass is 514 g/mol. The summed E-state index contributed by atoms with van der Waals surface area (Å²) in [6.45, 7) is 10.3. The van der Waals surface area contributed by atoms with Crippen molar-refractivity contribution in [2.75, 3.05) is 0 Å². The van der Waals surface area contributed by atoms with E-state index in [-0.39, 0.29) is 11.5 Å². The van der Waals surface area contributed by atoms with Gasteiger partial charge in [-0.25, -0.2) is 0 Å². The molecule has 0 aromatic carbocycles. The summed E-state index contributed by atoms with van der Waals surface area (Å²) in [5.41, 5.74) is -1.82. The normalized spacial score (nSPS) is 50.6. The molecule has 0 bridgehead atoms. The minimum absolute atomic E-state index is 0.0228. The Morgan fingerprint density at radius 1 is 1.18 bits per heavy atom. The van der Waals surface area contributed by atoms with Gasteiger partial charge in [-0.15, -0.1) is 0 Å². The minimum atomic E-state index is -1.41. The third-order valence-electron chi connectivity index (χ3n) is 7.26. The molecule has 22 heavy (non-hydrogen) atoms. The van der Waals surface area contributed by atoms with Crippen LogP contribution in [-0.4, -0.2) is 29.8 Å². The van der Waals surface area contributed by atoms with Crippen molar-refractivity contribution >= 4 is 16.1 Å². The summed E-state index contributed by atoms with van der Waals surface area (Å²) >= 11 is -1.41. The van der Waals surface area contributed by atoms with Crippen LogP contribution in [0.1, 0.15) is 66.7 Å². The molecular weight excluding hydrogens is 483 g/mol. The molecule has 2 rings (SSSR count). The summed E-state index contributed by atoms with van der Waals surface area (Å²) in [6.07, 6.45) is 6.08. The van der Waals surface area contributed by atoms with Crippen molar-refractivity contribution in [1.82, 2.24) is 0 Å². The zero-order valence-electron chi connectivity index (χ0n) is 14.9. The van der Waals surface area contributed by atoms with Gasteiger partial charge in [0.05, 0.1) is 0 Å². The van der Waals surface area contributed by atoms with Crippen LogP contribution in [0.25, 0.3) is 0 Å². The van der Waals surface area contributed by atoms with Crippen LogP contribution in [-0.2, 0) is 28.1 Å². The number of aliphatic hydroxyl groups is 1. The topological polar surface area (TPSA) is 29.5 Å². The zero-order valence-corrected chi connectivity index (χ0v) is 21.2. The van der Waals surface area contributed by atoms with Gasteiger partial charge in [0.2, 0.25) is 0 Å². The molecule has 5 heteroatoms. The third-order valence-corrected chi connectivity index (χ3v) is 13.5. The van der Waals surface area contributed by atoms with Crippen molar-refractivity contribution in [3.63, 3.8) is 0 Å². The summed E-state index contributed by atoms with van der Waals surface area (Å²) in [5, 5.41) is 10.6. The quantitative estimate of drug-likeness (QED) is 0.564. The Morgan fingerprint density at radius 2 is 1.73 bits per heavy atom. The van der Waals surface area contributed by atoms with Gasteiger partial charge >= 0.3 is 154 Å². The average molecular weight is 513 g/mol. The number of hydrogen-bond donors (Lipinski definition) is 1. The Bertz CT molecular complexity index is 411. The molecular formula is C17H30BClHgO2. The van der Waals surface area contributed by atoms with E-state index in [9.17, 15) is 5.11 Å². The molecule has 1 N–H and O–H groups in total. The van der Waals surface area contributed by atoms with E-state index >= 15 is 0 Å². The molecule has 0 aromatic rings. The van der Waals surface area contributed by atoms with Gasteiger partial charge in [0.15, 0.2) is 0 Å². The Hall–Kier alpha value is 1.21. The standard InChI is InChI=1S/C17H30BO2.ClH.Hg/c1-12-14(2,3)20-16(5,13-10-8-7-9-11-13)17(6,18)15(12,4)19;;/h12-13,19H,2,7-11H2,1,3-6H3;1H;/q;;+1/p-1. The molecule has 1 aliphatic heterocycles. The van der Waals surface area contributed by atoms with E-state index in [0.717, 1.165) is 16.8 Å². The van der Waals surface area contributed by atoms with Crippen LogP contribution < -0.4 is 0 Å². The summed E-state index contributed by atoms with van der Waals surface area (Å²) in [7, 11) is 13.0. The summed E-state index contributed by atoms with van der Waals surface area (Å²) in [5.74, 6) is 0.395. The second-order valence-corrected chi connectivity index (χ2v) is 15.1. The van der Waals surface area contributed by atoms with Gasteiger partial charge in [0, 0.05) is 0 Å².